The molecule has 0 fully saturated rings. The molecule has 0 atom stereocenters. The Hall–Kier alpha value is -2.70. The van der Waals surface area contributed by atoms with Crippen LogP contribution in [0.3, 0.4) is 0 Å². The van der Waals surface area contributed by atoms with Crippen molar-refractivity contribution in [2.45, 2.75) is 6.18 Å². The van der Waals surface area contributed by atoms with Gasteiger partial charge >= 0.3 is 6.18 Å². The van der Waals surface area contributed by atoms with E-state index in [1.165, 1.54) is 24.4 Å². The first-order valence-electron chi connectivity index (χ1n) is 6.39. The fourth-order valence-corrected chi connectivity index (χ4v) is 2.00. The van der Waals surface area contributed by atoms with E-state index < -0.39 is 11.7 Å². The molecule has 0 saturated heterocycles. The zero-order valence-electron chi connectivity index (χ0n) is 11.2. The Labute approximate surface area is 124 Å². The van der Waals surface area contributed by atoms with E-state index in [1.54, 1.807) is 18.2 Å². The quantitative estimate of drug-likeness (QED) is 0.691. The van der Waals surface area contributed by atoms with Crippen LogP contribution in [0.25, 0.3) is 0 Å². The molecule has 0 unspecified atom stereocenters. The number of hydrazone groups is 1. The van der Waals surface area contributed by atoms with E-state index in [4.69, 9.17) is 9.47 Å². The van der Waals surface area contributed by atoms with E-state index in [-0.39, 0.29) is 12.5 Å². The summed E-state index contributed by atoms with van der Waals surface area (Å²) in [6, 6.07) is 10.3. The summed E-state index contributed by atoms with van der Waals surface area (Å²) in [4.78, 5) is 0. The Morgan fingerprint density at radius 1 is 1.05 bits per heavy atom. The number of anilines is 1. The van der Waals surface area contributed by atoms with Crippen LogP contribution in [0.2, 0.25) is 0 Å². The fraction of sp³-hybridized carbons (Fsp3) is 0.133. The minimum atomic E-state index is -4.43. The zero-order valence-corrected chi connectivity index (χ0v) is 11.2. The predicted octanol–water partition coefficient (Wildman–Crippen LogP) is 3.88. The third-order valence-electron chi connectivity index (χ3n) is 3.03. The van der Waals surface area contributed by atoms with Crippen molar-refractivity contribution in [3.63, 3.8) is 0 Å². The molecule has 0 saturated carbocycles. The van der Waals surface area contributed by atoms with E-state index in [0.29, 0.717) is 17.1 Å². The summed E-state index contributed by atoms with van der Waals surface area (Å²) < 4.78 is 48.9. The normalized spacial score (nSPS) is 13.6. The highest BCUT2D eigenvalue weighted by Gasteiger charge is 2.33. The van der Waals surface area contributed by atoms with Gasteiger partial charge in [0.1, 0.15) is 0 Å². The summed E-state index contributed by atoms with van der Waals surface area (Å²) in [5, 5.41) is 3.84. The van der Waals surface area contributed by atoms with Gasteiger partial charge in [-0.15, -0.1) is 0 Å². The lowest BCUT2D eigenvalue weighted by Crippen LogP contribution is -2.08. The second-order valence-electron chi connectivity index (χ2n) is 4.53. The van der Waals surface area contributed by atoms with Gasteiger partial charge in [0.25, 0.3) is 0 Å². The molecule has 7 heteroatoms. The van der Waals surface area contributed by atoms with Crippen LogP contribution in [0.1, 0.15) is 11.1 Å². The van der Waals surface area contributed by atoms with Crippen molar-refractivity contribution in [1.82, 2.24) is 0 Å². The number of rotatable bonds is 3. The smallest absolute Gasteiger partial charge is 0.418 e. The largest absolute Gasteiger partial charge is 0.454 e. The molecule has 1 aliphatic rings. The van der Waals surface area contributed by atoms with Gasteiger partial charge in [-0.1, -0.05) is 12.1 Å². The summed E-state index contributed by atoms with van der Waals surface area (Å²) >= 11 is 0. The second kappa shape index (κ2) is 5.59. The summed E-state index contributed by atoms with van der Waals surface area (Å²) in [6.45, 7) is 0.160. The number of nitrogens with one attached hydrogen (secondary N) is 1. The van der Waals surface area contributed by atoms with Crippen LogP contribution < -0.4 is 14.9 Å². The topological polar surface area (TPSA) is 42.9 Å². The van der Waals surface area contributed by atoms with Gasteiger partial charge in [-0.3, -0.25) is 5.43 Å². The number of hydrogen-bond donors (Lipinski definition) is 1. The van der Waals surface area contributed by atoms with Crippen LogP contribution in [0, 0.1) is 0 Å². The van der Waals surface area contributed by atoms with Gasteiger partial charge in [-0.25, -0.2) is 0 Å². The van der Waals surface area contributed by atoms with Crippen LogP contribution in [-0.2, 0) is 6.18 Å². The predicted molar refractivity (Wildman–Crippen MR) is 75.2 cm³/mol. The average molecular weight is 308 g/mol. The van der Waals surface area contributed by atoms with Crippen LogP contribution in [0.15, 0.2) is 47.6 Å². The molecule has 0 aromatic heterocycles. The van der Waals surface area contributed by atoms with E-state index in [0.717, 1.165) is 6.07 Å². The maximum atomic E-state index is 12.8. The molecular weight excluding hydrogens is 297 g/mol. The van der Waals surface area contributed by atoms with Crippen molar-refractivity contribution in [2.75, 3.05) is 12.2 Å². The molecule has 2 aromatic rings. The number of halogens is 3. The van der Waals surface area contributed by atoms with Gasteiger partial charge in [0.2, 0.25) is 6.79 Å². The van der Waals surface area contributed by atoms with Crippen molar-refractivity contribution >= 4 is 11.9 Å². The first-order valence-corrected chi connectivity index (χ1v) is 6.39. The molecule has 2 aromatic carbocycles. The van der Waals surface area contributed by atoms with Crippen molar-refractivity contribution in [3.8, 4) is 11.5 Å². The van der Waals surface area contributed by atoms with Gasteiger partial charge in [-0.2, -0.15) is 18.3 Å². The van der Waals surface area contributed by atoms with Crippen molar-refractivity contribution in [2.24, 2.45) is 5.10 Å². The SMILES string of the molecule is FC(F)(F)c1ccccc1NN=Cc1ccc2c(c1)OCO2. The van der Waals surface area contributed by atoms with Gasteiger partial charge < -0.3 is 9.47 Å². The third kappa shape index (κ3) is 2.98. The van der Waals surface area contributed by atoms with Crippen LogP contribution in [0.5, 0.6) is 11.5 Å². The van der Waals surface area contributed by atoms with Crippen molar-refractivity contribution in [1.29, 1.82) is 0 Å². The maximum absolute atomic E-state index is 12.8. The molecule has 0 radical (unpaired) electrons. The van der Waals surface area contributed by atoms with E-state index in [2.05, 4.69) is 10.5 Å². The number of benzene rings is 2. The van der Waals surface area contributed by atoms with E-state index >= 15 is 0 Å². The summed E-state index contributed by atoms with van der Waals surface area (Å²) in [5.41, 5.74) is 2.22. The zero-order chi connectivity index (χ0) is 15.6. The standard InChI is InChI=1S/C15H11F3N2O2/c16-15(17,18)11-3-1-2-4-12(11)20-19-8-10-5-6-13-14(7-10)22-9-21-13/h1-8,20H,9H2. The average Bonchev–Trinajstić information content (AvgIpc) is 2.94. The molecule has 1 heterocycles. The third-order valence-corrected chi connectivity index (χ3v) is 3.03. The number of hydrogen-bond acceptors (Lipinski definition) is 4. The number of fused-ring (bicyclic) bond motifs is 1. The van der Waals surface area contributed by atoms with Crippen molar-refractivity contribution in [3.05, 3.63) is 53.6 Å². The Balaban J connectivity index is 1.75. The van der Waals surface area contributed by atoms with Gasteiger partial charge in [0.15, 0.2) is 11.5 Å². The maximum Gasteiger partial charge on any atom is 0.418 e. The molecule has 4 nitrogen and oxygen atoms in total. The van der Waals surface area contributed by atoms with Gasteiger partial charge in [-0.05, 0) is 35.9 Å². The first kappa shape index (κ1) is 14.2. The minimum Gasteiger partial charge on any atom is -0.454 e. The summed E-state index contributed by atoms with van der Waals surface area (Å²) in [6.07, 6.45) is -3.02. The highest BCUT2D eigenvalue weighted by Crippen LogP contribution is 2.34. The van der Waals surface area contributed by atoms with Crippen LogP contribution in [0.4, 0.5) is 18.9 Å². The number of nitrogens with zero attached hydrogens (tertiary/aromatic N) is 1. The summed E-state index contributed by atoms with van der Waals surface area (Å²) in [7, 11) is 0. The van der Waals surface area contributed by atoms with Gasteiger partial charge in [0, 0.05) is 0 Å². The lowest BCUT2D eigenvalue weighted by molar-refractivity contribution is -0.136. The van der Waals surface area contributed by atoms with Gasteiger partial charge in [0.05, 0.1) is 17.5 Å². The molecule has 0 amide bonds. The molecular formula is C15H11F3N2O2. The number of alkyl halides is 3. The highest BCUT2D eigenvalue weighted by molar-refractivity contribution is 5.81. The number of para-hydroxylation sites is 1. The van der Waals surface area contributed by atoms with Crippen LogP contribution in [-0.4, -0.2) is 13.0 Å². The molecule has 0 bridgehead atoms. The Morgan fingerprint density at radius 3 is 2.64 bits per heavy atom. The highest BCUT2D eigenvalue weighted by atomic mass is 19.4. The van der Waals surface area contributed by atoms with Crippen LogP contribution >= 0.6 is 0 Å². The molecule has 0 aliphatic carbocycles. The Morgan fingerprint density at radius 2 is 1.82 bits per heavy atom. The molecule has 114 valence electrons. The lowest BCUT2D eigenvalue weighted by atomic mass is 10.2. The Kier molecular flexibility index (Phi) is 3.62. The molecule has 3 rings (SSSR count). The fourth-order valence-electron chi connectivity index (χ4n) is 2.00. The summed E-state index contributed by atoms with van der Waals surface area (Å²) in [5.74, 6) is 1.21. The van der Waals surface area contributed by atoms with Crippen molar-refractivity contribution < 1.29 is 22.6 Å². The molecule has 22 heavy (non-hydrogen) atoms. The van der Waals surface area contributed by atoms with E-state index in [1.807, 2.05) is 0 Å². The second-order valence-corrected chi connectivity index (χ2v) is 4.53. The first-order chi connectivity index (χ1) is 10.5. The lowest BCUT2D eigenvalue weighted by Gasteiger charge is -2.11. The van der Waals surface area contributed by atoms with E-state index in [9.17, 15) is 13.2 Å². The molecule has 1 N–H and O–H groups in total. The molecule has 1 aliphatic heterocycles. The minimum absolute atomic E-state index is 0.105. The monoisotopic (exact) mass is 308 g/mol. The molecule has 0 spiro atoms. The Bertz CT molecular complexity index is 714. The number of ether oxygens (including phenoxy) is 2.